The van der Waals surface area contributed by atoms with E-state index >= 15 is 0 Å². The molecule has 112 valence electrons. The van der Waals surface area contributed by atoms with Crippen LogP contribution < -0.4 is 11.1 Å². The van der Waals surface area contributed by atoms with E-state index in [1.54, 1.807) is 7.11 Å². The zero-order valence-electron chi connectivity index (χ0n) is 11.9. The van der Waals surface area contributed by atoms with Gasteiger partial charge in [-0.05, 0) is 26.2 Å². The van der Waals surface area contributed by atoms with Crippen molar-refractivity contribution < 1.29 is 19.0 Å². The third-order valence-corrected chi connectivity index (χ3v) is 3.19. The van der Waals surface area contributed by atoms with Crippen LogP contribution in [-0.2, 0) is 19.0 Å². The lowest BCUT2D eigenvalue weighted by Gasteiger charge is -2.27. The first-order valence-corrected chi connectivity index (χ1v) is 6.80. The van der Waals surface area contributed by atoms with Crippen molar-refractivity contribution in [2.75, 3.05) is 40.1 Å². The van der Waals surface area contributed by atoms with E-state index in [2.05, 4.69) is 5.32 Å². The molecule has 1 atom stereocenters. The Hall–Kier alpha value is -0.690. The topological polar surface area (TPSA) is 82.8 Å². The predicted octanol–water partition coefficient (Wildman–Crippen LogP) is 0.0521. The summed E-state index contributed by atoms with van der Waals surface area (Å²) in [6, 6.07) is 0.440. The summed E-state index contributed by atoms with van der Waals surface area (Å²) in [7, 11) is 1.64. The van der Waals surface area contributed by atoms with E-state index in [9.17, 15) is 4.79 Å². The van der Waals surface area contributed by atoms with Crippen molar-refractivity contribution in [3.63, 3.8) is 0 Å². The van der Waals surface area contributed by atoms with E-state index in [0.717, 1.165) is 12.8 Å². The van der Waals surface area contributed by atoms with E-state index in [1.165, 1.54) is 0 Å². The lowest BCUT2D eigenvalue weighted by molar-refractivity contribution is -0.124. The molecule has 0 bridgehead atoms. The van der Waals surface area contributed by atoms with Crippen molar-refractivity contribution in [3.05, 3.63) is 0 Å². The van der Waals surface area contributed by atoms with Gasteiger partial charge in [0.2, 0.25) is 5.91 Å². The van der Waals surface area contributed by atoms with Gasteiger partial charge in [0.15, 0.2) is 0 Å². The number of hydrogen-bond donors (Lipinski definition) is 2. The lowest BCUT2D eigenvalue weighted by Crippen LogP contribution is -2.54. The molecule has 1 aliphatic rings. The number of hydrogen-bond acceptors (Lipinski definition) is 5. The number of methoxy groups -OCH3 is 1. The second-order valence-electron chi connectivity index (χ2n) is 5.08. The molecule has 19 heavy (non-hydrogen) atoms. The second kappa shape index (κ2) is 8.47. The van der Waals surface area contributed by atoms with Gasteiger partial charge < -0.3 is 25.3 Å². The maximum absolute atomic E-state index is 11.5. The lowest BCUT2D eigenvalue weighted by atomic mass is 9.97. The SMILES string of the molecule is COCCOCCOCCC(C)(NC1CC1)C(N)=O. The van der Waals surface area contributed by atoms with Gasteiger partial charge in [0, 0.05) is 19.8 Å². The molecule has 1 amide bonds. The second-order valence-corrected chi connectivity index (χ2v) is 5.08. The first kappa shape index (κ1) is 16.4. The average molecular weight is 274 g/mol. The van der Waals surface area contributed by atoms with Crippen LogP contribution in [0.25, 0.3) is 0 Å². The third-order valence-electron chi connectivity index (χ3n) is 3.19. The van der Waals surface area contributed by atoms with Gasteiger partial charge in [-0.15, -0.1) is 0 Å². The number of amides is 1. The fraction of sp³-hybridized carbons (Fsp3) is 0.923. The monoisotopic (exact) mass is 274 g/mol. The van der Waals surface area contributed by atoms with Crippen LogP contribution in [0, 0.1) is 0 Å². The van der Waals surface area contributed by atoms with E-state index in [1.807, 2.05) is 6.92 Å². The summed E-state index contributed by atoms with van der Waals surface area (Å²) in [5.74, 6) is -0.320. The van der Waals surface area contributed by atoms with Crippen molar-refractivity contribution in [1.29, 1.82) is 0 Å². The third kappa shape index (κ3) is 6.87. The minimum atomic E-state index is -0.669. The Morgan fingerprint density at radius 1 is 1.21 bits per heavy atom. The summed E-state index contributed by atoms with van der Waals surface area (Å²) < 4.78 is 15.6. The molecule has 0 aromatic carbocycles. The molecule has 1 fully saturated rings. The van der Waals surface area contributed by atoms with Gasteiger partial charge in [-0.25, -0.2) is 0 Å². The molecule has 1 rings (SSSR count). The van der Waals surface area contributed by atoms with Crippen molar-refractivity contribution >= 4 is 5.91 Å². The van der Waals surface area contributed by atoms with Gasteiger partial charge in [0.05, 0.1) is 32.0 Å². The van der Waals surface area contributed by atoms with Gasteiger partial charge in [0.1, 0.15) is 0 Å². The molecule has 1 saturated carbocycles. The summed E-state index contributed by atoms with van der Waals surface area (Å²) in [5, 5.41) is 3.28. The average Bonchev–Trinajstić information content (AvgIpc) is 3.16. The first-order chi connectivity index (χ1) is 9.08. The number of rotatable bonds is 12. The zero-order valence-corrected chi connectivity index (χ0v) is 11.9. The molecule has 0 radical (unpaired) electrons. The summed E-state index contributed by atoms with van der Waals surface area (Å²) in [6.07, 6.45) is 2.82. The summed E-state index contributed by atoms with van der Waals surface area (Å²) in [6.45, 7) is 4.54. The maximum Gasteiger partial charge on any atom is 0.237 e. The van der Waals surface area contributed by atoms with Crippen molar-refractivity contribution in [2.24, 2.45) is 5.73 Å². The van der Waals surface area contributed by atoms with Crippen LogP contribution in [-0.4, -0.2) is 57.6 Å². The number of carbonyl (C=O) groups excluding carboxylic acids is 1. The molecule has 0 spiro atoms. The number of ether oxygens (including phenoxy) is 3. The summed E-state index contributed by atoms with van der Waals surface area (Å²) in [4.78, 5) is 11.5. The highest BCUT2D eigenvalue weighted by Gasteiger charge is 2.36. The zero-order chi connectivity index (χ0) is 14.1. The molecule has 6 heteroatoms. The van der Waals surface area contributed by atoms with Crippen LogP contribution >= 0.6 is 0 Å². The normalized spacial score (nSPS) is 18.2. The molecule has 0 saturated heterocycles. The van der Waals surface area contributed by atoms with Crippen LogP contribution in [0.4, 0.5) is 0 Å². The van der Waals surface area contributed by atoms with Gasteiger partial charge in [-0.2, -0.15) is 0 Å². The number of nitrogens with one attached hydrogen (secondary N) is 1. The van der Waals surface area contributed by atoms with Crippen LogP contribution in [0.3, 0.4) is 0 Å². The minimum Gasteiger partial charge on any atom is -0.382 e. The van der Waals surface area contributed by atoms with Crippen LogP contribution in [0.5, 0.6) is 0 Å². The molecule has 6 nitrogen and oxygen atoms in total. The highest BCUT2D eigenvalue weighted by atomic mass is 16.5. The maximum atomic E-state index is 11.5. The highest BCUT2D eigenvalue weighted by Crippen LogP contribution is 2.23. The first-order valence-electron chi connectivity index (χ1n) is 6.80. The Morgan fingerprint density at radius 2 is 1.79 bits per heavy atom. The number of primary amides is 1. The Bertz CT molecular complexity index is 271. The predicted molar refractivity (Wildman–Crippen MR) is 71.9 cm³/mol. The Balaban J connectivity index is 2.06. The van der Waals surface area contributed by atoms with Gasteiger partial charge in [-0.3, -0.25) is 4.79 Å². The molecule has 3 N–H and O–H groups in total. The number of nitrogens with two attached hydrogens (primary N) is 1. The van der Waals surface area contributed by atoms with Gasteiger partial charge in [-0.1, -0.05) is 0 Å². The molecule has 0 aromatic heterocycles. The minimum absolute atomic E-state index is 0.320. The van der Waals surface area contributed by atoms with Crippen LogP contribution in [0.2, 0.25) is 0 Å². The van der Waals surface area contributed by atoms with Crippen molar-refractivity contribution in [3.8, 4) is 0 Å². The van der Waals surface area contributed by atoms with E-state index in [0.29, 0.717) is 45.5 Å². The van der Waals surface area contributed by atoms with E-state index in [-0.39, 0.29) is 5.91 Å². The van der Waals surface area contributed by atoms with Gasteiger partial charge in [0.25, 0.3) is 0 Å². The molecule has 0 aromatic rings. The van der Waals surface area contributed by atoms with Crippen LogP contribution in [0.1, 0.15) is 26.2 Å². The fourth-order valence-electron chi connectivity index (χ4n) is 1.69. The Morgan fingerprint density at radius 3 is 2.32 bits per heavy atom. The van der Waals surface area contributed by atoms with Crippen molar-refractivity contribution in [1.82, 2.24) is 5.32 Å². The quantitative estimate of drug-likeness (QED) is 0.491. The molecule has 0 heterocycles. The Kier molecular flexibility index (Phi) is 7.30. The smallest absolute Gasteiger partial charge is 0.237 e. The fourth-order valence-corrected chi connectivity index (χ4v) is 1.69. The van der Waals surface area contributed by atoms with E-state index < -0.39 is 5.54 Å². The van der Waals surface area contributed by atoms with Crippen LogP contribution in [0.15, 0.2) is 0 Å². The highest BCUT2D eigenvalue weighted by molar-refractivity contribution is 5.84. The number of carbonyl (C=O) groups is 1. The summed E-state index contributed by atoms with van der Waals surface area (Å²) in [5.41, 5.74) is 4.78. The van der Waals surface area contributed by atoms with Gasteiger partial charge >= 0.3 is 0 Å². The van der Waals surface area contributed by atoms with E-state index in [4.69, 9.17) is 19.9 Å². The van der Waals surface area contributed by atoms with Crippen molar-refractivity contribution in [2.45, 2.75) is 37.8 Å². The summed E-state index contributed by atoms with van der Waals surface area (Å²) >= 11 is 0. The molecular formula is C13H26N2O4. The standard InChI is InChI=1S/C13H26N2O4/c1-13(12(14)16,15-11-3-4-11)5-6-18-9-10-19-8-7-17-2/h11,15H,3-10H2,1-2H3,(H2,14,16). The Labute approximate surface area is 115 Å². The molecule has 1 unspecified atom stereocenters. The molecule has 1 aliphatic carbocycles. The molecular weight excluding hydrogens is 248 g/mol. The largest absolute Gasteiger partial charge is 0.382 e. The molecule has 0 aliphatic heterocycles.